The zero-order valence-corrected chi connectivity index (χ0v) is 10.2. The summed E-state index contributed by atoms with van der Waals surface area (Å²) >= 11 is 0. The second kappa shape index (κ2) is 5.86. The van der Waals surface area contributed by atoms with Crippen LogP contribution in [0.2, 0.25) is 0 Å². The fourth-order valence-electron chi connectivity index (χ4n) is 1.60. The number of nitrogens with one attached hydrogen (secondary N) is 3. The summed E-state index contributed by atoms with van der Waals surface area (Å²) in [7, 11) is 0. The van der Waals surface area contributed by atoms with Gasteiger partial charge in [0.05, 0.1) is 6.54 Å². The van der Waals surface area contributed by atoms with Crippen LogP contribution in [0, 0.1) is 0 Å². The van der Waals surface area contributed by atoms with Gasteiger partial charge in [0, 0.05) is 30.2 Å². The topological polar surface area (TPSA) is 69.8 Å². The molecule has 0 aliphatic carbocycles. The lowest BCUT2D eigenvalue weighted by molar-refractivity contribution is 0.0950. The highest BCUT2D eigenvalue weighted by atomic mass is 16.1. The lowest BCUT2D eigenvalue weighted by Gasteiger charge is -2.06. The van der Waals surface area contributed by atoms with Gasteiger partial charge < -0.3 is 15.6 Å². The third-order valence-corrected chi connectivity index (χ3v) is 2.50. The van der Waals surface area contributed by atoms with Crippen LogP contribution in [0.3, 0.4) is 0 Å². The monoisotopic (exact) mass is 244 g/mol. The van der Waals surface area contributed by atoms with Gasteiger partial charge in [-0.05, 0) is 31.2 Å². The number of rotatable bonds is 5. The Balaban J connectivity index is 1.92. The van der Waals surface area contributed by atoms with E-state index in [0.717, 1.165) is 18.1 Å². The lowest BCUT2D eigenvalue weighted by atomic mass is 10.2. The number of amides is 1. The first-order valence-electron chi connectivity index (χ1n) is 5.90. The van der Waals surface area contributed by atoms with Gasteiger partial charge in [-0.15, -0.1) is 0 Å². The molecule has 0 spiro atoms. The number of carbonyl (C=O) groups excluding carboxylic acids is 1. The molecular formula is C13H16N4O. The van der Waals surface area contributed by atoms with Crippen molar-refractivity contribution >= 4 is 11.6 Å². The Bertz CT molecular complexity index is 490. The molecule has 2 rings (SSSR count). The maximum Gasteiger partial charge on any atom is 0.251 e. The van der Waals surface area contributed by atoms with Crippen LogP contribution in [0.5, 0.6) is 0 Å². The quantitative estimate of drug-likeness (QED) is 0.750. The summed E-state index contributed by atoms with van der Waals surface area (Å²) < 4.78 is 0. The number of imidazole rings is 1. The summed E-state index contributed by atoms with van der Waals surface area (Å²) in [6, 6.07) is 7.39. The predicted molar refractivity (Wildman–Crippen MR) is 70.4 cm³/mol. The molecule has 5 heteroatoms. The molecule has 0 saturated heterocycles. The second-order valence-electron chi connectivity index (χ2n) is 3.83. The molecule has 0 radical (unpaired) electrons. The molecule has 0 aliphatic rings. The Morgan fingerprint density at radius 3 is 2.72 bits per heavy atom. The minimum atomic E-state index is -0.102. The van der Waals surface area contributed by atoms with Crippen molar-refractivity contribution in [3.8, 4) is 0 Å². The van der Waals surface area contributed by atoms with E-state index in [1.165, 1.54) is 0 Å². The molecule has 0 saturated carbocycles. The summed E-state index contributed by atoms with van der Waals surface area (Å²) in [6.45, 7) is 3.30. The van der Waals surface area contributed by atoms with Crippen molar-refractivity contribution in [1.29, 1.82) is 0 Å². The van der Waals surface area contributed by atoms with Gasteiger partial charge >= 0.3 is 0 Å². The first kappa shape index (κ1) is 12.2. The molecule has 1 aromatic carbocycles. The number of nitrogens with zero attached hydrogens (tertiary/aromatic N) is 1. The third-order valence-electron chi connectivity index (χ3n) is 2.50. The standard InChI is InChI=1S/C13H16N4O/c1-2-14-11-5-3-10(4-6-11)13(18)17-9-12-15-7-8-16-12/h3-8,14H,2,9H2,1H3,(H,15,16)(H,17,18). The van der Waals surface area contributed by atoms with Gasteiger partial charge in [-0.3, -0.25) is 4.79 Å². The number of carbonyl (C=O) groups is 1. The van der Waals surface area contributed by atoms with Gasteiger partial charge in [0.1, 0.15) is 5.82 Å². The molecule has 1 heterocycles. The second-order valence-corrected chi connectivity index (χ2v) is 3.83. The Morgan fingerprint density at radius 1 is 1.33 bits per heavy atom. The number of hydrogen-bond acceptors (Lipinski definition) is 3. The molecule has 3 N–H and O–H groups in total. The minimum absolute atomic E-state index is 0.102. The average molecular weight is 244 g/mol. The minimum Gasteiger partial charge on any atom is -0.385 e. The fourth-order valence-corrected chi connectivity index (χ4v) is 1.60. The molecule has 0 bridgehead atoms. The van der Waals surface area contributed by atoms with E-state index in [1.807, 2.05) is 19.1 Å². The molecule has 1 aromatic heterocycles. The van der Waals surface area contributed by atoms with E-state index in [2.05, 4.69) is 20.6 Å². The molecule has 5 nitrogen and oxygen atoms in total. The highest BCUT2D eigenvalue weighted by Gasteiger charge is 2.05. The molecule has 94 valence electrons. The van der Waals surface area contributed by atoms with E-state index in [-0.39, 0.29) is 5.91 Å². The van der Waals surface area contributed by atoms with Gasteiger partial charge in [0.15, 0.2) is 0 Å². The summed E-state index contributed by atoms with van der Waals surface area (Å²) in [4.78, 5) is 18.8. The number of hydrogen-bond donors (Lipinski definition) is 3. The van der Waals surface area contributed by atoms with Gasteiger partial charge in [-0.2, -0.15) is 0 Å². The van der Waals surface area contributed by atoms with Gasteiger partial charge in [0.25, 0.3) is 5.91 Å². The SMILES string of the molecule is CCNc1ccc(C(=O)NCc2ncc[nH]2)cc1. The van der Waals surface area contributed by atoms with Crippen LogP contribution in [-0.4, -0.2) is 22.4 Å². The molecule has 0 fully saturated rings. The first-order chi connectivity index (χ1) is 8.79. The van der Waals surface area contributed by atoms with Crippen LogP contribution in [0.25, 0.3) is 0 Å². The molecule has 0 unspecified atom stereocenters. The van der Waals surface area contributed by atoms with Gasteiger partial charge in [-0.1, -0.05) is 0 Å². The number of H-pyrrole nitrogens is 1. The van der Waals surface area contributed by atoms with Gasteiger partial charge in [0.2, 0.25) is 0 Å². The first-order valence-corrected chi connectivity index (χ1v) is 5.90. The van der Waals surface area contributed by atoms with Crippen LogP contribution in [0.1, 0.15) is 23.1 Å². The Labute approximate surface area is 106 Å². The van der Waals surface area contributed by atoms with E-state index in [1.54, 1.807) is 24.5 Å². The fraction of sp³-hybridized carbons (Fsp3) is 0.231. The van der Waals surface area contributed by atoms with E-state index in [9.17, 15) is 4.79 Å². The van der Waals surface area contributed by atoms with Crippen molar-refractivity contribution < 1.29 is 4.79 Å². The van der Waals surface area contributed by atoms with Crippen molar-refractivity contribution in [2.45, 2.75) is 13.5 Å². The Hall–Kier alpha value is -2.30. The molecule has 0 atom stereocenters. The van der Waals surface area contributed by atoms with Crippen molar-refractivity contribution in [2.24, 2.45) is 0 Å². The maximum absolute atomic E-state index is 11.8. The maximum atomic E-state index is 11.8. The van der Waals surface area contributed by atoms with E-state index >= 15 is 0 Å². The number of aromatic nitrogens is 2. The van der Waals surface area contributed by atoms with E-state index in [4.69, 9.17) is 0 Å². The van der Waals surface area contributed by atoms with Gasteiger partial charge in [-0.25, -0.2) is 4.98 Å². The predicted octanol–water partition coefficient (Wildman–Crippen LogP) is 1.77. The van der Waals surface area contributed by atoms with Crippen LogP contribution >= 0.6 is 0 Å². The van der Waals surface area contributed by atoms with Crippen molar-refractivity contribution in [3.63, 3.8) is 0 Å². The molecule has 0 aliphatic heterocycles. The molecule has 18 heavy (non-hydrogen) atoms. The number of aromatic amines is 1. The van der Waals surface area contributed by atoms with Crippen LogP contribution < -0.4 is 10.6 Å². The highest BCUT2D eigenvalue weighted by molar-refractivity contribution is 5.94. The van der Waals surface area contributed by atoms with E-state index in [0.29, 0.717) is 12.1 Å². The average Bonchev–Trinajstić information content (AvgIpc) is 2.90. The summed E-state index contributed by atoms with van der Waals surface area (Å²) in [6.07, 6.45) is 3.39. The van der Waals surface area contributed by atoms with Crippen molar-refractivity contribution in [3.05, 3.63) is 48.0 Å². The van der Waals surface area contributed by atoms with Crippen molar-refractivity contribution in [2.75, 3.05) is 11.9 Å². The largest absolute Gasteiger partial charge is 0.385 e. The molecule has 2 aromatic rings. The highest BCUT2D eigenvalue weighted by Crippen LogP contribution is 2.09. The van der Waals surface area contributed by atoms with Crippen LogP contribution in [0.4, 0.5) is 5.69 Å². The summed E-state index contributed by atoms with van der Waals surface area (Å²) in [5.74, 6) is 0.641. The third kappa shape index (κ3) is 3.10. The lowest BCUT2D eigenvalue weighted by Crippen LogP contribution is -2.23. The zero-order valence-electron chi connectivity index (χ0n) is 10.2. The molecule has 1 amide bonds. The van der Waals surface area contributed by atoms with Crippen molar-refractivity contribution in [1.82, 2.24) is 15.3 Å². The van der Waals surface area contributed by atoms with Crippen LogP contribution in [0.15, 0.2) is 36.7 Å². The number of benzene rings is 1. The van der Waals surface area contributed by atoms with E-state index < -0.39 is 0 Å². The summed E-state index contributed by atoms with van der Waals surface area (Å²) in [5.41, 5.74) is 1.66. The normalized spacial score (nSPS) is 10.1. The molecular weight excluding hydrogens is 228 g/mol. The Kier molecular flexibility index (Phi) is 3.96. The number of anilines is 1. The summed E-state index contributed by atoms with van der Waals surface area (Å²) in [5, 5.41) is 5.98. The smallest absolute Gasteiger partial charge is 0.251 e. The zero-order chi connectivity index (χ0) is 12.8. The van der Waals surface area contributed by atoms with Crippen LogP contribution in [-0.2, 0) is 6.54 Å². The Morgan fingerprint density at radius 2 is 2.11 bits per heavy atom.